The summed E-state index contributed by atoms with van der Waals surface area (Å²) in [5.41, 5.74) is -0.665. The summed E-state index contributed by atoms with van der Waals surface area (Å²) in [5, 5.41) is 0. The van der Waals surface area contributed by atoms with Crippen molar-refractivity contribution in [3.05, 3.63) is 22.8 Å². The van der Waals surface area contributed by atoms with Crippen LogP contribution in [0.15, 0.2) is 22.8 Å². The number of anilines is 1. The normalized spacial score (nSPS) is 27.1. The Hall–Kier alpha value is -1.30. The van der Waals surface area contributed by atoms with E-state index >= 15 is 0 Å². The number of pyridine rings is 1. The molecule has 1 aromatic heterocycles. The second kappa shape index (κ2) is 6.21. The van der Waals surface area contributed by atoms with Crippen LogP contribution in [0.25, 0.3) is 0 Å². The number of rotatable bonds is 1. The van der Waals surface area contributed by atoms with Crippen molar-refractivity contribution in [1.82, 2.24) is 9.88 Å². The molecular formula is C18H26BrN3O2. The first kappa shape index (κ1) is 17.5. The van der Waals surface area contributed by atoms with Gasteiger partial charge >= 0.3 is 6.09 Å². The molecule has 6 heteroatoms. The monoisotopic (exact) mass is 395 g/mol. The molecule has 1 aromatic rings. The first-order chi connectivity index (χ1) is 11.2. The molecule has 3 rings (SSSR count). The molecule has 5 nitrogen and oxygen atoms in total. The molecule has 2 fully saturated rings. The van der Waals surface area contributed by atoms with Crippen LogP contribution in [-0.4, -0.2) is 46.8 Å². The number of carbonyl (C=O) groups excluding carboxylic acids is 1. The van der Waals surface area contributed by atoms with Gasteiger partial charge in [-0.05, 0) is 68.6 Å². The third-order valence-electron chi connectivity index (χ3n) is 5.03. The Labute approximate surface area is 152 Å². The highest BCUT2D eigenvalue weighted by molar-refractivity contribution is 9.10. The van der Waals surface area contributed by atoms with Crippen LogP contribution in [0.3, 0.4) is 0 Å². The molecule has 2 saturated heterocycles. The van der Waals surface area contributed by atoms with E-state index in [1.807, 2.05) is 44.0 Å². The summed E-state index contributed by atoms with van der Waals surface area (Å²) in [5.74, 6) is 1.42. The molecule has 0 radical (unpaired) electrons. The Morgan fingerprint density at radius 3 is 2.79 bits per heavy atom. The minimum Gasteiger partial charge on any atom is -0.444 e. The van der Waals surface area contributed by atoms with E-state index in [1.165, 1.54) is 0 Å². The highest BCUT2D eigenvalue weighted by Crippen LogP contribution is 2.41. The van der Waals surface area contributed by atoms with Crippen LogP contribution in [0.5, 0.6) is 0 Å². The van der Waals surface area contributed by atoms with E-state index in [2.05, 4.69) is 32.7 Å². The molecule has 0 unspecified atom stereocenters. The van der Waals surface area contributed by atoms with Crippen molar-refractivity contribution in [2.24, 2.45) is 5.92 Å². The fourth-order valence-corrected chi connectivity index (χ4v) is 4.08. The second-order valence-electron chi connectivity index (χ2n) is 8.04. The van der Waals surface area contributed by atoms with E-state index in [0.717, 1.165) is 42.8 Å². The molecule has 132 valence electrons. The van der Waals surface area contributed by atoms with Gasteiger partial charge in [0.2, 0.25) is 0 Å². The molecule has 0 N–H and O–H groups in total. The van der Waals surface area contributed by atoms with Crippen LogP contribution in [0, 0.1) is 5.92 Å². The molecule has 2 atom stereocenters. The van der Waals surface area contributed by atoms with Crippen molar-refractivity contribution in [3.63, 3.8) is 0 Å². The van der Waals surface area contributed by atoms with Crippen LogP contribution in [0.4, 0.5) is 10.6 Å². The maximum Gasteiger partial charge on any atom is 0.410 e. The van der Waals surface area contributed by atoms with Gasteiger partial charge in [0, 0.05) is 36.2 Å². The maximum atomic E-state index is 12.7. The summed E-state index contributed by atoms with van der Waals surface area (Å²) >= 11 is 3.43. The van der Waals surface area contributed by atoms with Crippen LogP contribution in [0.1, 0.15) is 40.5 Å². The molecule has 24 heavy (non-hydrogen) atoms. The number of ether oxygens (including phenoxy) is 1. The van der Waals surface area contributed by atoms with Gasteiger partial charge in [-0.15, -0.1) is 0 Å². The number of fused-ring (bicyclic) bond motifs is 1. The average Bonchev–Trinajstić information content (AvgIpc) is 2.82. The summed E-state index contributed by atoms with van der Waals surface area (Å²) in [7, 11) is 0. The molecular weight excluding hydrogens is 370 g/mol. The number of piperidine rings is 1. The van der Waals surface area contributed by atoms with Crippen molar-refractivity contribution < 1.29 is 9.53 Å². The maximum absolute atomic E-state index is 12.7. The van der Waals surface area contributed by atoms with E-state index in [-0.39, 0.29) is 11.6 Å². The highest BCUT2D eigenvalue weighted by Gasteiger charge is 2.51. The fourth-order valence-electron chi connectivity index (χ4n) is 3.85. The van der Waals surface area contributed by atoms with Gasteiger partial charge in [-0.25, -0.2) is 9.78 Å². The predicted molar refractivity (Wildman–Crippen MR) is 98.2 cm³/mol. The van der Waals surface area contributed by atoms with Gasteiger partial charge in [0.1, 0.15) is 11.4 Å². The van der Waals surface area contributed by atoms with Crippen molar-refractivity contribution in [2.45, 2.75) is 51.7 Å². The molecule has 0 saturated carbocycles. The minimum atomic E-state index is -0.466. The molecule has 0 aliphatic carbocycles. The second-order valence-corrected chi connectivity index (χ2v) is 8.96. The van der Waals surface area contributed by atoms with Gasteiger partial charge in [-0.2, -0.15) is 0 Å². The smallest absolute Gasteiger partial charge is 0.410 e. The Morgan fingerprint density at radius 1 is 1.42 bits per heavy atom. The van der Waals surface area contributed by atoms with Gasteiger partial charge in [0.25, 0.3) is 0 Å². The van der Waals surface area contributed by atoms with E-state index in [4.69, 9.17) is 4.74 Å². The number of halogens is 1. The van der Waals surface area contributed by atoms with Crippen LogP contribution in [0.2, 0.25) is 0 Å². The topological polar surface area (TPSA) is 45.7 Å². The number of hydrogen-bond acceptors (Lipinski definition) is 4. The number of hydrogen-bond donors (Lipinski definition) is 0. The number of nitrogens with zero attached hydrogens (tertiary/aromatic N) is 3. The Morgan fingerprint density at radius 2 is 2.17 bits per heavy atom. The molecule has 1 amide bonds. The Bertz CT molecular complexity index is 614. The van der Waals surface area contributed by atoms with Gasteiger partial charge in [0.15, 0.2) is 0 Å². The van der Waals surface area contributed by atoms with E-state index in [9.17, 15) is 4.79 Å². The Kier molecular flexibility index (Phi) is 4.53. The van der Waals surface area contributed by atoms with Gasteiger partial charge in [-0.3, -0.25) is 0 Å². The van der Waals surface area contributed by atoms with Crippen molar-refractivity contribution >= 4 is 27.8 Å². The predicted octanol–water partition coefficient (Wildman–Crippen LogP) is 4.07. The largest absolute Gasteiger partial charge is 0.444 e. The summed E-state index contributed by atoms with van der Waals surface area (Å²) in [6.45, 7) is 10.4. The zero-order valence-electron chi connectivity index (χ0n) is 14.9. The lowest BCUT2D eigenvalue weighted by Crippen LogP contribution is -2.58. The van der Waals surface area contributed by atoms with Gasteiger partial charge in [0.05, 0.1) is 5.54 Å². The van der Waals surface area contributed by atoms with Crippen molar-refractivity contribution in [1.29, 1.82) is 0 Å². The third kappa shape index (κ3) is 3.39. The lowest BCUT2D eigenvalue weighted by atomic mass is 9.81. The Balaban J connectivity index is 1.80. The number of amides is 1. The molecule has 2 aliphatic rings. The first-order valence-electron chi connectivity index (χ1n) is 8.56. The zero-order chi connectivity index (χ0) is 17.5. The van der Waals surface area contributed by atoms with E-state index < -0.39 is 5.60 Å². The molecule has 2 aliphatic heterocycles. The summed E-state index contributed by atoms with van der Waals surface area (Å²) in [6.07, 6.45) is 3.80. The summed E-state index contributed by atoms with van der Waals surface area (Å²) in [6, 6.07) is 4.04. The third-order valence-corrected chi connectivity index (χ3v) is 5.50. The molecule has 0 aromatic carbocycles. The lowest BCUT2D eigenvalue weighted by molar-refractivity contribution is -0.0170. The number of likely N-dealkylation sites (tertiary alicyclic amines) is 1. The zero-order valence-corrected chi connectivity index (χ0v) is 16.5. The van der Waals surface area contributed by atoms with Crippen molar-refractivity contribution in [2.75, 3.05) is 24.5 Å². The molecule has 3 heterocycles. The molecule has 0 spiro atoms. The molecule has 0 bridgehead atoms. The number of carbonyl (C=O) groups is 1. The quantitative estimate of drug-likeness (QED) is 0.718. The standard InChI is InChI=1S/C18H26BrN3O2/c1-17(2,3)24-16(23)22-9-5-6-13-11-21(12-18(13,22)4)15-8-7-14(19)10-20-15/h7-8,10,13H,5-6,9,11-12H2,1-4H3/t13-,18+/m0/s1. The van der Waals surface area contributed by atoms with Gasteiger partial charge in [-0.1, -0.05) is 0 Å². The number of aromatic nitrogens is 1. The van der Waals surface area contributed by atoms with E-state index in [0.29, 0.717) is 5.92 Å². The SMILES string of the molecule is CC(C)(C)OC(=O)N1CCC[C@H]2CN(c3ccc(Br)cn3)C[C@]21C. The lowest BCUT2D eigenvalue weighted by Gasteiger charge is -2.45. The fraction of sp³-hybridized carbons (Fsp3) is 0.667. The van der Waals surface area contributed by atoms with Crippen LogP contribution >= 0.6 is 15.9 Å². The van der Waals surface area contributed by atoms with Gasteiger partial charge < -0.3 is 14.5 Å². The van der Waals surface area contributed by atoms with Crippen LogP contribution < -0.4 is 4.90 Å². The summed E-state index contributed by atoms with van der Waals surface area (Å²) in [4.78, 5) is 21.5. The summed E-state index contributed by atoms with van der Waals surface area (Å²) < 4.78 is 6.63. The average molecular weight is 396 g/mol. The highest BCUT2D eigenvalue weighted by atomic mass is 79.9. The first-order valence-corrected chi connectivity index (χ1v) is 9.35. The minimum absolute atomic E-state index is 0.194. The van der Waals surface area contributed by atoms with Crippen molar-refractivity contribution in [3.8, 4) is 0 Å². The van der Waals surface area contributed by atoms with E-state index in [1.54, 1.807) is 0 Å². The van der Waals surface area contributed by atoms with Crippen LogP contribution in [-0.2, 0) is 4.74 Å².